The van der Waals surface area contributed by atoms with E-state index in [1.54, 1.807) is 12.3 Å². The summed E-state index contributed by atoms with van der Waals surface area (Å²) in [6, 6.07) is 9.52. The molecule has 4 nitrogen and oxygen atoms in total. The third-order valence-corrected chi connectivity index (χ3v) is 3.28. The zero-order chi connectivity index (χ0) is 14.7. The largest absolute Gasteiger partial charge is 0.328 e. The smallest absolute Gasteiger partial charge is 0.293 e. The van der Waals surface area contributed by atoms with E-state index in [1.807, 2.05) is 44.2 Å². The Kier molecular flexibility index (Phi) is 4.39. The second kappa shape index (κ2) is 6.05. The highest BCUT2D eigenvalue weighted by Gasteiger charge is 2.11. The van der Waals surface area contributed by atoms with Crippen LogP contribution in [0.3, 0.4) is 0 Å². The lowest BCUT2D eigenvalue weighted by atomic mass is 10.1. The molecule has 2 rings (SSSR count). The molecule has 0 amide bonds. The molecule has 1 aromatic carbocycles. The van der Waals surface area contributed by atoms with Crippen molar-refractivity contribution >= 4 is 22.0 Å². The fourth-order valence-electron chi connectivity index (χ4n) is 2.00. The second-order valence-corrected chi connectivity index (χ2v) is 5.82. The zero-order valence-corrected chi connectivity index (χ0v) is 12.8. The van der Waals surface area contributed by atoms with Gasteiger partial charge < -0.3 is 0 Å². The van der Waals surface area contributed by atoms with E-state index in [0.29, 0.717) is 5.56 Å². The number of aromatic amines is 1. The molecule has 1 atom stereocenters. The predicted molar refractivity (Wildman–Crippen MR) is 84.2 cm³/mol. The molecule has 0 aliphatic heterocycles. The number of rotatable bonds is 3. The molecule has 0 bridgehead atoms. The summed E-state index contributed by atoms with van der Waals surface area (Å²) < 4.78 is 2.35. The Labute approximate surface area is 124 Å². The van der Waals surface area contributed by atoms with Crippen molar-refractivity contribution in [3.05, 3.63) is 73.0 Å². The van der Waals surface area contributed by atoms with E-state index in [1.165, 1.54) is 4.57 Å². The third kappa shape index (κ3) is 3.17. The molecule has 0 spiro atoms. The quantitative estimate of drug-likeness (QED) is 0.938. The number of aromatic nitrogens is 2. The van der Waals surface area contributed by atoms with Crippen LogP contribution in [0.2, 0.25) is 0 Å². The molecule has 1 unspecified atom stereocenters. The minimum Gasteiger partial charge on any atom is -0.293 e. The Morgan fingerprint density at radius 2 is 1.95 bits per heavy atom. The van der Waals surface area contributed by atoms with Gasteiger partial charge in [-0.3, -0.25) is 14.3 Å². The molecule has 2 aromatic rings. The number of benzene rings is 1. The van der Waals surface area contributed by atoms with Gasteiger partial charge in [-0.15, -0.1) is 0 Å². The monoisotopic (exact) mass is 334 g/mol. The van der Waals surface area contributed by atoms with Crippen LogP contribution in [0, 0.1) is 0 Å². The summed E-state index contributed by atoms with van der Waals surface area (Å²) in [6.07, 6.45) is 3.27. The van der Waals surface area contributed by atoms with Crippen molar-refractivity contribution in [3.63, 3.8) is 0 Å². The molecule has 0 radical (unpaired) electrons. The standard InChI is InChI=1S/C15H15BrN2O2/c1-10(16)8-13-9-18(15(20)17-14(13)19)11(2)12-6-4-3-5-7-12/h3-9,11H,1-2H3,(H,17,19,20)/b10-8-. The number of H-pyrrole nitrogens is 1. The average Bonchev–Trinajstić information content (AvgIpc) is 2.41. The highest BCUT2D eigenvalue weighted by molar-refractivity contribution is 9.11. The van der Waals surface area contributed by atoms with Crippen molar-refractivity contribution in [2.24, 2.45) is 0 Å². The molecule has 20 heavy (non-hydrogen) atoms. The van der Waals surface area contributed by atoms with E-state index < -0.39 is 5.69 Å². The Morgan fingerprint density at radius 1 is 1.30 bits per heavy atom. The van der Waals surface area contributed by atoms with Crippen molar-refractivity contribution in [1.29, 1.82) is 0 Å². The van der Waals surface area contributed by atoms with Gasteiger partial charge in [0.1, 0.15) is 0 Å². The van der Waals surface area contributed by atoms with Gasteiger partial charge in [0.05, 0.1) is 11.6 Å². The maximum atomic E-state index is 12.0. The first-order chi connectivity index (χ1) is 9.49. The maximum absolute atomic E-state index is 12.0. The van der Waals surface area contributed by atoms with Crippen LogP contribution in [-0.4, -0.2) is 9.55 Å². The van der Waals surface area contributed by atoms with Gasteiger partial charge >= 0.3 is 5.69 Å². The molecule has 0 saturated carbocycles. The third-order valence-electron chi connectivity index (χ3n) is 3.05. The number of allylic oxidation sites excluding steroid dienone is 1. The summed E-state index contributed by atoms with van der Waals surface area (Å²) in [5, 5.41) is 0. The van der Waals surface area contributed by atoms with E-state index in [-0.39, 0.29) is 11.6 Å². The van der Waals surface area contributed by atoms with Crippen LogP contribution in [0.4, 0.5) is 0 Å². The molecule has 1 heterocycles. The fraction of sp³-hybridized carbons (Fsp3) is 0.200. The van der Waals surface area contributed by atoms with Crippen molar-refractivity contribution in [3.8, 4) is 0 Å². The molecule has 5 heteroatoms. The van der Waals surface area contributed by atoms with Gasteiger partial charge in [0.15, 0.2) is 0 Å². The first-order valence-electron chi connectivity index (χ1n) is 6.23. The van der Waals surface area contributed by atoms with Crippen molar-refractivity contribution in [2.75, 3.05) is 0 Å². The summed E-state index contributed by atoms with van der Waals surface area (Å²) in [6.45, 7) is 3.75. The normalized spacial score (nSPS) is 13.2. The van der Waals surface area contributed by atoms with Crippen LogP contribution in [0.25, 0.3) is 6.08 Å². The molecular formula is C15H15BrN2O2. The SMILES string of the molecule is C/C(Br)=C/c1cn(C(C)c2ccccc2)c(=O)[nH]c1=O. The van der Waals surface area contributed by atoms with Crippen LogP contribution in [0.15, 0.2) is 50.6 Å². The Balaban J connectivity index is 2.55. The lowest BCUT2D eigenvalue weighted by Gasteiger charge is -2.15. The molecule has 0 saturated heterocycles. The first-order valence-corrected chi connectivity index (χ1v) is 7.02. The van der Waals surface area contributed by atoms with Gasteiger partial charge in [-0.1, -0.05) is 46.3 Å². The number of nitrogens with one attached hydrogen (secondary N) is 1. The molecule has 0 fully saturated rings. The zero-order valence-electron chi connectivity index (χ0n) is 11.3. The Bertz CT molecular complexity index is 740. The lowest BCUT2D eigenvalue weighted by molar-refractivity contribution is 0.593. The summed E-state index contributed by atoms with van der Waals surface area (Å²) in [7, 11) is 0. The second-order valence-electron chi connectivity index (χ2n) is 4.57. The van der Waals surface area contributed by atoms with E-state index in [0.717, 1.165) is 10.0 Å². The summed E-state index contributed by atoms with van der Waals surface area (Å²) in [5.41, 5.74) is 0.662. The van der Waals surface area contributed by atoms with Gasteiger partial charge in [-0.2, -0.15) is 0 Å². The molecule has 1 aromatic heterocycles. The van der Waals surface area contributed by atoms with E-state index >= 15 is 0 Å². The van der Waals surface area contributed by atoms with Crippen molar-refractivity contribution < 1.29 is 0 Å². The summed E-state index contributed by atoms with van der Waals surface area (Å²) in [5.74, 6) is 0. The van der Waals surface area contributed by atoms with Crippen LogP contribution in [-0.2, 0) is 0 Å². The highest BCUT2D eigenvalue weighted by atomic mass is 79.9. The van der Waals surface area contributed by atoms with Gasteiger partial charge in [-0.05, 0) is 30.0 Å². The van der Waals surface area contributed by atoms with Gasteiger partial charge in [-0.25, -0.2) is 4.79 Å². The molecular weight excluding hydrogens is 320 g/mol. The molecule has 104 valence electrons. The lowest BCUT2D eigenvalue weighted by Crippen LogP contribution is -2.32. The minimum absolute atomic E-state index is 0.150. The van der Waals surface area contributed by atoms with E-state index in [2.05, 4.69) is 20.9 Å². The number of hydrogen-bond donors (Lipinski definition) is 1. The van der Waals surface area contributed by atoms with E-state index in [4.69, 9.17) is 0 Å². The predicted octanol–water partition coefficient (Wildman–Crippen LogP) is 2.90. The van der Waals surface area contributed by atoms with Crippen LogP contribution < -0.4 is 11.2 Å². The van der Waals surface area contributed by atoms with Gasteiger partial charge in [0.25, 0.3) is 5.56 Å². The van der Waals surface area contributed by atoms with Gasteiger partial charge in [0.2, 0.25) is 0 Å². The summed E-state index contributed by atoms with van der Waals surface area (Å²) >= 11 is 3.29. The first kappa shape index (κ1) is 14.5. The minimum atomic E-state index is -0.407. The van der Waals surface area contributed by atoms with Gasteiger partial charge in [0, 0.05) is 6.20 Å². The van der Waals surface area contributed by atoms with Crippen molar-refractivity contribution in [2.45, 2.75) is 19.9 Å². The number of halogens is 1. The number of hydrogen-bond acceptors (Lipinski definition) is 2. The fourth-order valence-corrected chi connectivity index (χ4v) is 2.24. The summed E-state index contributed by atoms with van der Waals surface area (Å²) in [4.78, 5) is 26.1. The highest BCUT2D eigenvalue weighted by Crippen LogP contribution is 2.15. The molecule has 0 aliphatic rings. The maximum Gasteiger partial charge on any atom is 0.328 e. The number of nitrogens with zero attached hydrogens (tertiary/aromatic N) is 1. The van der Waals surface area contributed by atoms with Crippen LogP contribution in [0.5, 0.6) is 0 Å². The Hall–Kier alpha value is -1.88. The molecule has 0 aliphatic carbocycles. The topological polar surface area (TPSA) is 54.9 Å². The molecule has 1 N–H and O–H groups in total. The van der Waals surface area contributed by atoms with E-state index in [9.17, 15) is 9.59 Å². The van der Waals surface area contributed by atoms with Crippen LogP contribution >= 0.6 is 15.9 Å². The average molecular weight is 335 g/mol. The van der Waals surface area contributed by atoms with Crippen LogP contribution in [0.1, 0.15) is 31.0 Å². The Morgan fingerprint density at radius 3 is 2.55 bits per heavy atom. The van der Waals surface area contributed by atoms with Crippen molar-refractivity contribution in [1.82, 2.24) is 9.55 Å².